The number of carbonyl (C=O) groups excluding carboxylic acids is 3. The predicted molar refractivity (Wildman–Crippen MR) is 259 cm³/mol. The molecule has 0 spiro atoms. The van der Waals surface area contributed by atoms with Gasteiger partial charge in [-0.3, -0.25) is 9.59 Å². The maximum absolute atomic E-state index is 12.8. The van der Waals surface area contributed by atoms with E-state index in [9.17, 15) is 19.5 Å². The highest BCUT2D eigenvalue weighted by Crippen LogP contribution is 2.09. The van der Waals surface area contributed by atoms with Gasteiger partial charge in [-0.2, -0.15) is 0 Å². The smallest absolute Gasteiger partial charge is 0.306 e. The van der Waals surface area contributed by atoms with E-state index < -0.39 is 30.3 Å². The second-order valence-corrected chi connectivity index (χ2v) is 15.9. The highest BCUT2D eigenvalue weighted by atomic mass is 16.7. The minimum absolute atomic E-state index is 0.121. The normalized spacial score (nSPS) is 14.1. The second-order valence-electron chi connectivity index (χ2n) is 15.9. The number of quaternary nitrogens is 1. The van der Waals surface area contributed by atoms with Gasteiger partial charge in [-0.25, -0.2) is 0 Å². The number of allylic oxidation sites excluding steroid dienone is 22. The summed E-state index contributed by atoms with van der Waals surface area (Å²) >= 11 is 0. The average molecular weight is 874 g/mol. The van der Waals surface area contributed by atoms with Gasteiger partial charge in [0.05, 0.1) is 40.3 Å². The summed E-state index contributed by atoms with van der Waals surface area (Å²) in [6, 6.07) is 0. The van der Waals surface area contributed by atoms with Crippen molar-refractivity contribution in [1.82, 2.24) is 0 Å². The third kappa shape index (κ3) is 45.3. The fourth-order valence-electron chi connectivity index (χ4n) is 5.34. The van der Waals surface area contributed by atoms with Gasteiger partial charge in [0.15, 0.2) is 12.4 Å². The minimum atomic E-state index is -1.65. The Labute approximate surface area is 382 Å². The predicted octanol–water partition coefficient (Wildman–Crippen LogP) is 11.4. The molecule has 0 amide bonds. The Morgan fingerprint density at radius 1 is 0.476 bits per heavy atom. The lowest BCUT2D eigenvalue weighted by Crippen LogP contribution is -2.44. The number of carboxylic acids is 1. The van der Waals surface area contributed by atoms with Gasteiger partial charge in [-0.05, 0) is 103 Å². The molecule has 0 rings (SSSR count). The van der Waals surface area contributed by atoms with Gasteiger partial charge in [0.2, 0.25) is 0 Å². The van der Waals surface area contributed by atoms with Gasteiger partial charge >= 0.3 is 11.9 Å². The number of hydrogen-bond donors (Lipinski definition) is 0. The van der Waals surface area contributed by atoms with Crippen LogP contribution in [0.2, 0.25) is 0 Å². The quantitative estimate of drug-likeness (QED) is 0.0197. The molecule has 0 aromatic carbocycles. The van der Waals surface area contributed by atoms with E-state index in [-0.39, 0.29) is 32.7 Å². The lowest BCUT2D eigenvalue weighted by atomic mass is 10.2. The lowest BCUT2D eigenvalue weighted by molar-refractivity contribution is -0.870. The summed E-state index contributed by atoms with van der Waals surface area (Å²) in [6.45, 7) is 4.35. The Morgan fingerprint density at radius 3 is 1.25 bits per heavy atom. The van der Waals surface area contributed by atoms with E-state index in [0.29, 0.717) is 23.9 Å². The van der Waals surface area contributed by atoms with E-state index in [2.05, 4.69) is 141 Å². The molecule has 0 fully saturated rings. The Bertz CT molecular complexity index is 1480. The van der Waals surface area contributed by atoms with Gasteiger partial charge in [0, 0.05) is 12.8 Å². The van der Waals surface area contributed by atoms with Crippen LogP contribution in [0.25, 0.3) is 0 Å². The van der Waals surface area contributed by atoms with E-state index in [1.165, 1.54) is 0 Å². The fourth-order valence-corrected chi connectivity index (χ4v) is 5.34. The molecule has 0 radical (unpaired) electrons. The monoisotopic (exact) mass is 874 g/mol. The number of esters is 2. The molecule has 0 heterocycles. The molecule has 63 heavy (non-hydrogen) atoms. The molecule has 0 saturated carbocycles. The molecule has 0 bridgehead atoms. The first-order chi connectivity index (χ1) is 30.6. The van der Waals surface area contributed by atoms with Crippen LogP contribution in [-0.4, -0.2) is 82.3 Å². The Morgan fingerprint density at radius 2 is 0.857 bits per heavy atom. The first kappa shape index (κ1) is 58.4. The molecule has 0 aliphatic rings. The van der Waals surface area contributed by atoms with Crippen LogP contribution in [0.4, 0.5) is 0 Å². The van der Waals surface area contributed by atoms with E-state index in [1.807, 2.05) is 27.2 Å². The van der Waals surface area contributed by atoms with Crippen LogP contribution in [0.15, 0.2) is 134 Å². The number of carboxylic acid groups (broad SMARTS) is 1. The van der Waals surface area contributed by atoms with Crippen LogP contribution in [-0.2, 0) is 33.3 Å². The van der Waals surface area contributed by atoms with Crippen LogP contribution in [0.3, 0.4) is 0 Å². The summed E-state index contributed by atoms with van der Waals surface area (Å²) in [4.78, 5) is 37.0. The Hall–Kier alpha value is -4.57. The van der Waals surface area contributed by atoms with Crippen molar-refractivity contribution in [2.24, 2.45) is 0 Å². The third-order valence-electron chi connectivity index (χ3n) is 8.89. The summed E-state index contributed by atoms with van der Waals surface area (Å²) in [5.41, 5.74) is 0. The van der Waals surface area contributed by atoms with Crippen LogP contribution in [0.5, 0.6) is 0 Å². The molecule has 0 aliphatic heterocycles. The summed E-state index contributed by atoms with van der Waals surface area (Å²) in [6.07, 6.45) is 59.2. The van der Waals surface area contributed by atoms with E-state index >= 15 is 0 Å². The zero-order valence-corrected chi connectivity index (χ0v) is 39.6. The number of ether oxygens (including phenoxy) is 4. The van der Waals surface area contributed by atoms with Crippen molar-refractivity contribution >= 4 is 17.9 Å². The van der Waals surface area contributed by atoms with Gasteiger partial charge in [-0.1, -0.05) is 148 Å². The summed E-state index contributed by atoms with van der Waals surface area (Å²) in [5.74, 6) is -2.45. The lowest BCUT2D eigenvalue weighted by Gasteiger charge is -2.26. The fraction of sp³-hybridized carbons (Fsp3) is 0.537. The van der Waals surface area contributed by atoms with Crippen molar-refractivity contribution in [1.29, 1.82) is 0 Å². The molecule has 352 valence electrons. The molecular formula is C54H83NO8. The summed E-state index contributed by atoms with van der Waals surface area (Å²) < 4.78 is 22.4. The number of rotatable bonds is 40. The van der Waals surface area contributed by atoms with Crippen molar-refractivity contribution in [2.75, 3.05) is 47.5 Å². The van der Waals surface area contributed by atoms with Crippen molar-refractivity contribution < 1.29 is 42.9 Å². The van der Waals surface area contributed by atoms with Crippen LogP contribution in [0, 0.1) is 0 Å². The largest absolute Gasteiger partial charge is 0.545 e. The average Bonchev–Trinajstić information content (AvgIpc) is 3.24. The van der Waals surface area contributed by atoms with Crippen molar-refractivity contribution in [2.45, 2.75) is 142 Å². The Balaban J connectivity index is 4.63. The zero-order valence-electron chi connectivity index (χ0n) is 39.6. The number of likely N-dealkylation sites (N-methyl/N-ethyl adjacent to an activating group) is 1. The van der Waals surface area contributed by atoms with Crippen molar-refractivity contribution in [3.63, 3.8) is 0 Å². The van der Waals surface area contributed by atoms with E-state index in [4.69, 9.17) is 18.9 Å². The van der Waals surface area contributed by atoms with Crippen molar-refractivity contribution in [3.8, 4) is 0 Å². The number of aliphatic carboxylic acids is 1. The van der Waals surface area contributed by atoms with Crippen LogP contribution >= 0.6 is 0 Å². The zero-order chi connectivity index (χ0) is 46.3. The van der Waals surface area contributed by atoms with Gasteiger partial charge in [-0.15, -0.1) is 0 Å². The van der Waals surface area contributed by atoms with Gasteiger partial charge in [0.1, 0.15) is 13.2 Å². The van der Waals surface area contributed by atoms with Crippen molar-refractivity contribution in [3.05, 3.63) is 134 Å². The molecular weight excluding hydrogens is 791 g/mol. The third-order valence-corrected chi connectivity index (χ3v) is 8.89. The highest BCUT2D eigenvalue weighted by molar-refractivity contribution is 5.70. The molecule has 0 aromatic rings. The van der Waals surface area contributed by atoms with Crippen LogP contribution < -0.4 is 5.11 Å². The number of carbonyl (C=O) groups is 3. The first-order valence-corrected chi connectivity index (χ1v) is 23.3. The standard InChI is InChI=1S/C54H83NO8/c1-6-8-10-12-14-16-18-20-22-24-25-26-27-29-31-33-35-37-39-41-43-45-52(57)63-50(49-62-54(53(58)59)60-47-46-55(3,4)5)48-61-51(56)44-42-40-38-36-34-32-30-28-23-21-19-17-15-13-11-9-7-2/h8-11,14-17,20-23,25-26,29-32,35-38,50,54H,6-7,12-13,18-19,24,27-28,33-34,39-49H2,1-5H3/b10-8-,11-9-,16-14-,17-15-,22-20-,23-21-,26-25-,31-29-,32-30-,37-35-,38-36-. The number of nitrogens with zero attached hydrogens (tertiary/aromatic N) is 1. The van der Waals surface area contributed by atoms with Gasteiger partial charge in [0.25, 0.3) is 0 Å². The van der Waals surface area contributed by atoms with Gasteiger partial charge < -0.3 is 33.3 Å². The number of unbranched alkanes of at least 4 members (excludes halogenated alkanes) is 3. The SMILES string of the molecule is CC/C=C\C/C=C\C/C=C\C/C=C\C/C=C\C/C=C\CCCCC(=O)OC(COC(=O)CCC/C=C\C/C=C\C/C=C\C/C=C\C/C=C\CC)COC(OCC[N+](C)(C)C)C(=O)[O-]. The van der Waals surface area contributed by atoms with E-state index in [1.54, 1.807) is 0 Å². The molecule has 2 unspecified atom stereocenters. The maximum atomic E-state index is 12.8. The molecule has 0 N–H and O–H groups in total. The van der Waals surface area contributed by atoms with Crippen LogP contribution in [0.1, 0.15) is 129 Å². The molecule has 2 atom stereocenters. The minimum Gasteiger partial charge on any atom is -0.545 e. The molecule has 9 heteroatoms. The van der Waals surface area contributed by atoms with E-state index in [0.717, 1.165) is 89.9 Å². The number of hydrogen-bond acceptors (Lipinski definition) is 8. The highest BCUT2D eigenvalue weighted by Gasteiger charge is 2.21. The second kappa shape index (κ2) is 44.1. The first-order valence-electron chi connectivity index (χ1n) is 23.3. The molecule has 0 aromatic heterocycles. The summed E-state index contributed by atoms with van der Waals surface area (Å²) in [7, 11) is 5.86. The summed E-state index contributed by atoms with van der Waals surface area (Å²) in [5, 5.41) is 11.7. The topological polar surface area (TPSA) is 111 Å². The molecule has 0 aliphatic carbocycles. The molecule has 0 saturated heterocycles. The Kier molecular flexibility index (Phi) is 40.9. The maximum Gasteiger partial charge on any atom is 0.306 e. The molecule has 9 nitrogen and oxygen atoms in total.